The number of rotatable bonds is 4. The standard InChI is InChI=1S/C15H22N2O/c1-2-11-6-7-14(17-10-11)9-15(18)12-4-3-5-13(16)8-12/h6-7,10,12-13H,2-5,8-9,16H2,1H3. The number of aromatic nitrogens is 1. The topological polar surface area (TPSA) is 56.0 Å². The predicted octanol–water partition coefficient (Wildman–Crippen LogP) is 2.27. The van der Waals surface area contributed by atoms with Crippen LogP contribution in [0.1, 0.15) is 43.9 Å². The Balaban J connectivity index is 1.93. The highest BCUT2D eigenvalue weighted by Gasteiger charge is 2.25. The smallest absolute Gasteiger partial charge is 0.141 e. The van der Waals surface area contributed by atoms with Crippen LogP contribution in [0.4, 0.5) is 0 Å². The molecule has 18 heavy (non-hydrogen) atoms. The molecule has 0 aromatic carbocycles. The normalized spacial score (nSPS) is 23.9. The molecule has 0 aliphatic heterocycles. The minimum absolute atomic E-state index is 0.154. The Labute approximate surface area is 109 Å². The molecule has 1 aliphatic carbocycles. The van der Waals surface area contributed by atoms with Crippen molar-refractivity contribution in [3.8, 4) is 0 Å². The van der Waals surface area contributed by atoms with E-state index in [9.17, 15) is 4.79 Å². The molecule has 0 radical (unpaired) electrons. The summed E-state index contributed by atoms with van der Waals surface area (Å²) in [5.74, 6) is 0.461. The number of carbonyl (C=O) groups is 1. The quantitative estimate of drug-likeness (QED) is 0.886. The van der Waals surface area contributed by atoms with E-state index in [4.69, 9.17) is 5.73 Å². The Morgan fingerprint density at radius 3 is 2.89 bits per heavy atom. The highest BCUT2D eigenvalue weighted by molar-refractivity contribution is 5.83. The first kappa shape index (κ1) is 13.2. The van der Waals surface area contributed by atoms with Crippen molar-refractivity contribution in [3.05, 3.63) is 29.6 Å². The molecule has 1 saturated carbocycles. The van der Waals surface area contributed by atoms with Gasteiger partial charge in [0.05, 0.1) is 0 Å². The lowest BCUT2D eigenvalue weighted by Crippen LogP contribution is -2.32. The van der Waals surface area contributed by atoms with Gasteiger partial charge in [-0.15, -0.1) is 0 Å². The predicted molar refractivity (Wildman–Crippen MR) is 72.3 cm³/mol. The van der Waals surface area contributed by atoms with Crippen LogP contribution >= 0.6 is 0 Å². The van der Waals surface area contributed by atoms with E-state index in [1.165, 1.54) is 5.56 Å². The zero-order chi connectivity index (χ0) is 13.0. The van der Waals surface area contributed by atoms with Crippen LogP contribution < -0.4 is 5.73 Å². The first-order valence-corrected chi connectivity index (χ1v) is 6.91. The summed E-state index contributed by atoms with van der Waals surface area (Å²) in [6, 6.07) is 4.24. The lowest BCUT2D eigenvalue weighted by atomic mass is 9.82. The average molecular weight is 246 g/mol. The number of hydrogen-bond acceptors (Lipinski definition) is 3. The third-order valence-electron chi connectivity index (χ3n) is 3.82. The van der Waals surface area contributed by atoms with Gasteiger partial charge in [0.25, 0.3) is 0 Å². The summed E-state index contributed by atoms with van der Waals surface area (Å²) in [6.45, 7) is 2.10. The van der Waals surface area contributed by atoms with E-state index in [-0.39, 0.29) is 12.0 Å². The number of Topliss-reactive ketones (excluding diaryl/α,β-unsaturated/α-hetero) is 1. The van der Waals surface area contributed by atoms with Crippen LogP contribution in [0.5, 0.6) is 0 Å². The van der Waals surface area contributed by atoms with Crippen molar-refractivity contribution in [2.75, 3.05) is 0 Å². The van der Waals surface area contributed by atoms with Crippen LogP contribution in [0.25, 0.3) is 0 Å². The molecule has 1 fully saturated rings. The maximum Gasteiger partial charge on any atom is 0.141 e. The fraction of sp³-hybridized carbons (Fsp3) is 0.600. The van der Waals surface area contributed by atoms with Gasteiger partial charge in [0.15, 0.2) is 0 Å². The number of aryl methyl sites for hydroxylation is 1. The number of nitrogens with zero attached hydrogens (tertiary/aromatic N) is 1. The van der Waals surface area contributed by atoms with Gasteiger partial charge in [-0.1, -0.05) is 19.4 Å². The number of hydrogen-bond donors (Lipinski definition) is 1. The Bertz CT molecular complexity index is 399. The van der Waals surface area contributed by atoms with Gasteiger partial charge in [-0.3, -0.25) is 9.78 Å². The average Bonchev–Trinajstić information content (AvgIpc) is 2.39. The van der Waals surface area contributed by atoms with Gasteiger partial charge >= 0.3 is 0 Å². The Hall–Kier alpha value is -1.22. The maximum atomic E-state index is 12.2. The third-order valence-corrected chi connectivity index (χ3v) is 3.82. The van der Waals surface area contributed by atoms with Crippen molar-refractivity contribution in [2.45, 2.75) is 51.5 Å². The van der Waals surface area contributed by atoms with Crippen LogP contribution in [0.15, 0.2) is 18.3 Å². The molecule has 1 heterocycles. The first-order chi connectivity index (χ1) is 8.69. The molecule has 2 N–H and O–H groups in total. The van der Waals surface area contributed by atoms with Crippen molar-refractivity contribution in [3.63, 3.8) is 0 Å². The first-order valence-electron chi connectivity index (χ1n) is 6.91. The molecule has 0 saturated heterocycles. The molecule has 1 aliphatic rings. The van der Waals surface area contributed by atoms with Gasteiger partial charge in [-0.05, 0) is 37.3 Å². The molecule has 1 aromatic heterocycles. The van der Waals surface area contributed by atoms with Crippen LogP contribution in [0.2, 0.25) is 0 Å². The third kappa shape index (κ3) is 3.39. The minimum atomic E-state index is 0.154. The number of carbonyl (C=O) groups excluding carboxylic acids is 1. The van der Waals surface area contributed by atoms with Crippen molar-refractivity contribution in [1.82, 2.24) is 4.98 Å². The van der Waals surface area contributed by atoms with E-state index in [2.05, 4.69) is 18.0 Å². The molecule has 98 valence electrons. The van der Waals surface area contributed by atoms with Crippen LogP contribution in [-0.4, -0.2) is 16.8 Å². The van der Waals surface area contributed by atoms with Crippen molar-refractivity contribution >= 4 is 5.78 Å². The van der Waals surface area contributed by atoms with Crippen LogP contribution in [0.3, 0.4) is 0 Å². The zero-order valence-electron chi connectivity index (χ0n) is 11.1. The Morgan fingerprint density at radius 1 is 1.44 bits per heavy atom. The largest absolute Gasteiger partial charge is 0.328 e. The van der Waals surface area contributed by atoms with Gasteiger partial charge in [-0.2, -0.15) is 0 Å². The van der Waals surface area contributed by atoms with E-state index in [0.29, 0.717) is 12.2 Å². The molecule has 2 atom stereocenters. The second-order valence-electron chi connectivity index (χ2n) is 5.28. The van der Waals surface area contributed by atoms with Gasteiger partial charge in [0, 0.05) is 30.3 Å². The molecular weight excluding hydrogens is 224 g/mol. The summed E-state index contributed by atoms with van der Waals surface area (Å²) in [5, 5.41) is 0. The highest BCUT2D eigenvalue weighted by Crippen LogP contribution is 2.24. The summed E-state index contributed by atoms with van der Waals surface area (Å²) >= 11 is 0. The van der Waals surface area contributed by atoms with Crippen LogP contribution in [0, 0.1) is 5.92 Å². The molecule has 2 unspecified atom stereocenters. The molecule has 3 heteroatoms. The van der Waals surface area contributed by atoms with Crippen molar-refractivity contribution < 1.29 is 4.79 Å². The fourth-order valence-corrected chi connectivity index (χ4v) is 2.61. The van der Waals surface area contributed by atoms with Gasteiger partial charge in [0.2, 0.25) is 0 Å². The zero-order valence-corrected chi connectivity index (χ0v) is 11.1. The molecule has 1 aromatic rings. The minimum Gasteiger partial charge on any atom is -0.328 e. The summed E-state index contributed by atoms with van der Waals surface area (Å²) in [5.41, 5.74) is 8.03. The summed E-state index contributed by atoms with van der Waals surface area (Å²) in [6.07, 6.45) is 7.31. The molecule has 0 spiro atoms. The summed E-state index contributed by atoms with van der Waals surface area (Å²) < 4.78 is 0. The van der Waals surface area contributed by atoms with Gasteiger partial charge < -0.3 is 5.73 Å². The second kappa shape index (κ2) is 6.10. The van der Waals surface area contributed by atoms with E-state index >= 15 is 0 Å². The number of nitrogens with two attached hydrogens (primary N) is 1. The summed E-state index contributed by atoms with van der Waals surface area (Å²) in [4.78, 5) is 16.5. The van der Waals surface area contributed by atoms with Gasteiger partial charge in [-0.25, -0.2) is 0 Å². The molecule has 0 bridgehead atoms. The maximum absolute atomic E-state index is 12.2. The Kier molecular flexibility index (Phi) is 4.48. The highest BCUT2D eigenvalue weighted by atomic mass is 16.1. The summed E-state index contributed by atoms with van der Waals surface area (Å²) in [7, 11) is 0. The molecular formula is C15H22N2O. The SMILES string of the molecule is CCc1ccc(CC(=O)C2CCCC(N)C2)nc1. The van der Waals surface area contributed by atoms with E-state index in [1.54, 1.807) is 0 Å². The monoisotopic (exact) mass is 246 g/mol. The van der Waals surface area contributed by atoms with Crippen molar-refractivity contribution in [2.24, 2.45) is 11.7 Å². The van der Waals surface area contributed by atoms with Crippen LogP contribution in [-0.2, 0) is 17.6 Å². The molecule has 0 amide bonds. The lowest BCUT2D eigenvalue weighted by molar-refractivity contribution is -0.123. The lowest BCUT2D eigenvalue weighted by Gasteiger charge is -2.25. The fourth-order valence-electron chi connectivity index (χ4n) is 2.61. The van der Waals surface area contributed by atoms with Crippen molar-refractivity contribution in [1.29, 1.82) is 0 Å². The van der Waals surface area contributed by atoms with E-state index in [0.717, 1.165) is 37.8 Å². The molecule has 2 rings (SSSR count). The molecule has 3 nitrogen and oxygen atoms in total. The second-order valence-corrected chi connectivity index (χ2v) is 5.28. The Morgan fingerprint density at radius 2 is 2.28 bits per heavy atom. The number of ketones is 1. The number of pyridine rings is 1. The van der Waals surface area contributed by atoms with Gasteiger partial charge in [0.1, 0.15) is 5.78 Å². The van der Waals surface area contributed by atoms with E-state index < -0.39 is 0 Å². The van der Waals surface area contributed by atoms with E-state index in [1.807, 2.05) is 12.3 Å².